The SMILES string of the molecule is Cc1cc(C(=O)Nc2n[nH]c(-c3ccccn3)n2)c2c(C)noc2n1. The van der Waals surface area contributed by atoms with Crippen molar-refractivity contribution in [3.8, 4) is 11.5 Å². The average molecular weight is 335 g/mol. The number of fused-ring (bicyclic) bond motifs is 1. The van der Waals surface area contributed by atoms with E-state index in [4.69, 9.17) is 4.52 Å². The van der Waals surface area contributed by atoms with Crippen molar-refractivity contribution in [2.75, 3.05) is 5.32 Å². The Bertz CT molecular complexity index is 1070. The topological polar surface area (TPSA) is 122 Å². The fourth-order valence-corrected chi connectivity index (χ4v) is 2.50. The molecular weight excluding hydrogens is 322 g/mol. The summed E-state index contributed by atoms with van der Waals surface area (Å²) in [6, 6.07) is 7.12. The number of aromatic amines is 1. The second kappa shape index (κ2) is 5.78. The van der Waals surface area contributed by atoms with Crippen molar-refractivity contribution < 1.29 is 9.32 Å². The molecule has 0 aromatic carbocycles. The number of nitrogens with one attached hydrogen (secondary N) is 2. The lowest BCUT2D eigenvalue weighted by molar-refractivity contribution is 0.102. The molecule has 2 N–H and O–H groups in total. The van der Waals surface area contributed by atoms with Gasteiger partial charge in [-0.2, -0.15) is 4.98 Å². The summed E-state index contributed by atoms with van der Waals surface area (Å²) in [6.45, 7) is 3.53. The van der Waals surface area contributed by atoms with E-state index in [1.807, 2.05) is 6.07 Å². The largest absolute Gasteiger partial charge is 0.336 e. The zero-order chi connectivity index (χ0) is 17.4. The molecule has 0 aliphatic heterocycles. The molecule has 0 bridgehead atoms. The van der Waals surface area contributed by atoms with Gasteiger partial charge in [0.1, 0.15) is 5.69 Å². The molecule has 25 heavy (non-hydrogen) atoms. The van der Waals surface area contributed by atoms with Gasteiger partial charge in [-0.1, -0.05) is 11.2 Å². The van der Waals surface area contributed by atoms with Crippen LogP contribution in [0.3, 0.4) is 0 Å². The predicted octanol–water partition coefficient (Wildman–Crippen LogP) is 2.27. The molecule has 0 fully saturated rings. The number of pyridine rings is 2. The maximum absolute atomic E-state index is 12.7. The number of amides is 1. The Balaban J connectivity index is 1.65. The molecular formula is C16H13N7O2. The Hall–Kier alpha value is -3.62. The second-order valence-corrected chi connectivity index (χ2v) is 5.44. The summed E-state index contributed by atoms with van der Waals surface area (Å²) >= 11 is 0. The van der Waals surface area contributed by atoms with Crippen molar-refractivity contribution >= 4 is 23.0 Å². The van der Waals surface area contributed by atoms with Gasteiger partial charge < -0.3 is 4.52 Å². The highest BCUT2D eigenvalue weighted by Crippen LogP contribution is 2.22. The van der Waals surface area contributed by atoms with Crippen molar-refractivity contribution in [2.45, 2.75) is 13.8 Å². The van der Waals surface area contributed by atoms with Gasteiger partial charge >= 0.3 is 0 Å². The van der Waals surface area contributed by atoms with Gasteiger partial charge in [-0.25, -0.2) is 4.98 Å². The van der Waals surface area contributed by atoms with Crippen LogP contribution in [0.5, 0.6) is 0 Å². The second-order valence-electron chi connectivity index (χ2n) is 5.44. The Morgan fingerprint density at radius 2 is 2.12 bits per heavy atom. The van der Waals surface area contributed by atoms with Crippen LogP contribution in [0, 0.1) is 13.8 Å². The lowest BCUT2D eigenvalue weighted by atomic mass is 10.1. The summed E-state index contributed by atoms with van der Waals surface area (Å²) in [5, 5.41) is 13.9. The highest BCUT2D eigenvalue weighted by atomic mass is 16.5. The summed E-state index contributed by atoms with van der Waals surface area (Å²) in [4.78, 5) is 25.3. The van der Waals surface area contributed by atoms with Crippen molar-refractivity contribution in [1.29, 1.82) is 0 Å². The molecule has 9 nitrogen and oxygen atoms in total. The van der Waals surface area contributed by atoms with E-state index < -0.39 is 0 Å². The van der Waals surface area contributed by atoms with Crippen LogP contribution in [0.25, 0.3) is 22.6 Å². The van der Waals surface area contributed by atoms with Crippen LogP contribution in [-0.4, -0.2) is 36.2 Å². The molecule has 0 spiro atoms. The summed E-state index contributed by atoms with van der Waals surface area (Å²) in [7, 11) is 0. The number of anilines is 1. The van der Waals surface area contributed by atoms with Gasteiger partial charge in [0.15, 0.2) is 5.82 Å². The maximum Gasteiger partial charge on any atom is 0.259 e. The number of carbonyl (C=O) groups is 1. The smallest absolute Gasteiger partial charge is 0.259 e. The molecule has 4 aromatic rings. The molecule has 0 aliphatic carbocycles. The normalized spacial score (nSPS) is 11.0. The van der Waals surface area contributed by atoms with Crippen molar-refractivity contribution in [2.24, 2.45) is 0 Å². The first-order valence-corrected chi connectivity index (χ1v) is 7.50. The van der Waals surface area contributed by atoms with Gasteiger partial charge in [0.05, 0.1) is 16.6 Å². The molecule has 4 rings (SSSR count). The van der Waals surface area contributed by atoms with Gasteiger partial charge in [0, 0.05) is 11.9 Å². The van der Waals surface area contributed by atoms with E-state index >= 15 is 0 Å². The minimum absolute atomic E-state index is 0.155. The van der Waals surface area contributed by atoms with Crippen LogP contribution in [0.15, 0.2) is 35.0 Å². The Kier molecular flexibility index (Phi) is 3.46. The molecule has 9 heteroatoms. The average Bonchev–Trinajstić information content (AvgIpc) is 3.22. The Labute approximate surface area is 141 Å². The lowest BCUT2D eigenvalue weighted by Gasteiger charge is -2.03. The standard InChI is InChI=1S/C16H13N7O2/c1-8-7-10(12-9(2)23-25-15(12)18-8)14(24)20-16-19-13(21-22-16)11-5-3-4-6-17-11/h3-7H,1-2H3,(H2,19,20,21,22,24). The quantitative estimate of drug-likeness (QED) is 0.588. The van der Waals surface area contributed by atoms with Gasteiger partial charge in [-0.05, 0) is 32.0 Å². The maximum atomic E-state index is 12.7. The molecule has 4 heterocycles. The molecule has 0 saturated heterocycles. The Morgan fingerprint density at radius 3 is 2.92 bits per heavy atom. The van der Waals surface area contributed by atoms with E-state index in [1.54, 1.807) is 38.2 Å². The fraction of sp³-hybridized carbons (Fsp3) is 0.125. The molecule has 124 valence electrons. The third-order valence-corrected chi connectivity index (χ3v) is 3.61. The summed E-state index contributed by atoms with van der Waals surface area (Å²) < 4.78 is 5.15. The van der Waals surface area contributed by atoms with Crippen LogP contribution < -0.4 is 5.32 Å². The van der Waals surface area contributed by atoms with E-state index in [0.29, 0.717) is 39.6 Å². The van der Waals surface area contributed by atoms with E-state index in [1.165, 1.54) is 0 Å². The first kappa shape index (κ1) is 14.9. The van der Waals surface area contributed by atoms with Crippen LogP contribution in [0.4, 0.5) is 5.95 Å². The number of aromatic nitrogens is 6. The molecule has 0 saturated carbocycles. The number of hydrogen-bond acceptors (Lipinski definition) is 7. The van der Waals surface area contributed by atoms with Crippen LogP contribution in [-0.2, 0) is 0 Å². The molecule has 0 unspecified atom stereocenters. The number of rotatable bonds is 3. The lowest BCUT2D eigenvalue weighted by Crippen LogP contribution is -2.14. The highest BCUT2D eigenvalue weighted by molar-refractivity contribution is 6.11. The molecule has 0 radical (unpaired) electrons. The minimum Gasteiger partial charge on any atom is -0.336 e. The first-order chi connectivity index (χ1) is 12.1. The van der Waals surface area contributed by atoms with Crippen molar-refractivity contribution in [1.82, 2.24) is 30.3 Å². The number of nitrogens with zero attached hydrogens (tertiary/aromatic N) is 5. The number of carbonyl (C=O) groups excluding carboxylic acids is 1. The zero-order valence-corrected chi connectivity index (χ0v) is 13.4. The third-order valence-electron chi connectivity index (χ3n) is 3.61. The van der Waals surface area contributed by atoms with E-state index in [0.717, 1.165) is 0 Å². The van der Waals surface area contributed by atoms with E-state index in [2.05, 4.69) is 35.6 Å². The monoisotopic (exact) mass is 335 g/mol. The van der Waals surface area contributed by atoms with E-state index in [9.17, 15) is 4.79 Å². The zero-order valence-electron chi connectivity index (χ0n) is 13.4. The summed E-state index contributed by atoms with van der Waals surface area (Å²) in [5.74, 6) is 0.254. The van der Waals surface area contributed by atoms with Gasteiger partial charge in [0.2, 0.25) is 5.95 Å². The summed E-state index contributed by atoms with van der Waals surface area (Å²) in [5.41, 5.74) is 2.61. The van der Waals surface area contributed by atoms with Crippen LogP contribution >= 0.6 is 0 Å². The van der Waals surface area contributed by atoms with Crippen molar-refractivity contribution in [3.05, 3.63) is 47.4 Å². The van der Waals surface area contributed by atoms with Gasteiger partial charge in [-0.15, -0.1) is 5.10 Å². The number of aryl methyl sites for hydroxylation is 2. The minimum atomic E-state index is -0.367. The molecule has 0 aliphatic rings. The van der Waals surface area contributed by atoms with Crippen molar-refractivity contribution in [3.63, 3.8) is 0 Å². The molecule has 1 amide bonds. The fourth-order valence-electron chi connectivity index (χ4n) is 2.50. The Morgan fingerprint density at radius 1 is 1.24 bits per heavy atom. The van der Waals surface area contributed by atoms with Crippen LogP contribution in [0.1, 0.15) is 21.7 Å². The summed E-state index contributed by atoms with van der Waals surface area (Å²) in [6.07, 6.45) is 1.65. The van der Waals surface area contributed by atoms with Gasteiger partial charge in [-0.3, -0.25) is 20.2 Å². The molecule has 4 aromatic heterocycles. The van der Waals surface area contributed by atoms with Crippen LogP contribution in [0.2, 0.25) is 0 Å². The predicted molar refractivity (Wildman–Crippen MR) is 88.8 cm³/mol. The van der Waals surface area contributed by atoms with Gasteiger partial charge in [0.25, 0.3) is 11.6 Å². The number of H-pyrrole nitrogens is 1. The van der Waals surface area contributed by atoms with E-state index in [-0.39, 0.29) is 11.9 Å². The third kappa shape index (κ3) is 2.71. The number of hydrogen-bond donors (Lipinski definition) is 2. The highest BCUT2D eigenvalue weighted by Gasteiger charge is 2.19. The molecule has 0 atom stereocenters. The first-order valence-electron chi connectivity index (χ1n) is 7.50.